The first-order valence-corrected chi connectivity index (χ1v) is 7.77. The Morgan fingerprint density at radius 2 is 1.88 bits per heavy atom. The molecule has 0 bridgehead atoms. The van der Waals surface area contributed by atoms with Gasteiger partial charge in [-0.15, -0.1) is 0 Å². The number of nitrogens with zero attached hydrogens (tertiary/aromatic N) is 1. The standard InChI is InChI=1S/C15H30N2/c1-3-11-17(12-14-5-4-10-16-14)15-8-6-13(2)7-9-15/h13-16H,3-12H2,1-2H3. The van der Waals surface area contributed by atoms with E-state index in [1.54, 1.807) is 0 Å². The monoisotopic (exact) mass is 238 g/mol. The highest BCUT2D eigenvalue weighted by Gasteiger charge is 2.26. The van der Waals surface area contributed by atoms with Crippen molar-refractivity contribution in [3.63, 3.8) is 0 Å². The zero-order chi connectivity index (χ0) is 12.1. The van der Waals surface area contributed by atoms with Crippen LogP contribution in [0.25, 0.3) is 0 Å². The van der Waals surface area contributed by atoms with Crippen LogP contribution in [0.3, 0.4) is 0 Å². The van der Waals surface area contributed by atoms with Gasteiger partial charge in [-0.1, -0.05) is 13.8 Å². The second-order valence-electron chi connectivity index (χ2n) is 6.20. The maximum absolute atomic E-state index is 3.65. The van der Waals surface area contributed by atoms with Crippen LogP contribution in [-0.4, -0.2) is 36.6 Å². The third-order valence-electron chi connectivity index (χ3n) is 4.63. The van der Waals surface area contributed by atoms with Gasteiger partial charge in [0.05, 0.1) is 0 Å². The van der Waals surface area contributed by atoms with E-state index < -0.39 is 0 Å². The Bertz CT molecular complexity index is 203. The van der Waals surface area contributed by atoms with Crippen LogP contribution in [0.4, 0.5) is 0 Å². The fraction of sp³-hybridized carbons (Fsp3) is 1.00. The first-order chi connectivity index (χ1) is 8.29. The molecule has 0 aromatic carbocycles. The molecule has 0 amide bonds. The van der Waals surface area contributed by atoms with Gasteiger partial charge in [0.25, 0.3) is 0 Å². The van der Waals surface area contributed by atoms with Gasteiger partial charge < -0.3 is 5.32 Å². The van der Waals surface area contributed by atoms with Crippen LogP contribution in [-0.2, 0) is 0 Å². The predicted octanol–water partition coefficient (Wildman–Crippen LogP) is 3.03. The summed E-state index contributed by atoms with van der Waals surface area (Å²) >= 11 is 0. The van der Waals surface area contributed by atoms with Crippen molar-refractivity contribution in [1.82, 2.24) is 10.2 Å². The minimum absolute atomic E-state index is 0.779. The molecule has 1 saturated carbocycles. The fourth-order valence-corrected chi connectivity index (χ4v) is 3.51. The van der Waals surface area contributed by atoms with Crippen LogP contribution < -0.4 is 5.32 Å². The van der Waals surface area contributed by atoms with Gasteiger partial charge in [0.2, 0.25) is 0 Å². The van der Waals surface area contributed by atoms with E-state index in [9.17, 15) is 0 Å². The molecular formula is C15H30N2. The Balaban J connectivity index is 1.82. The highest BCUT2D eigenvalue weighted by Crippen LogP contribution is 2.27. The van der Waals surface area contributed by atoms with Crippen molar-refractivity contribution in [2.24, 2.45) is 5.92 Å². The molecule has 1 unspecified atom stereocenters. The van der Waals surface area contributed by atoms with Crippen LogP contribution in [0, 0.1) is 5.92 Å². The van der Waals surface area contributed by atoms with Crippen LogP contribution >= 0.6 is 0 Å². The van der Waals surface area contributed by atoms with Crippen LogP contribution in [0.15, 0.2) is 0 Å². The third-order valence-corrected chi connectivity index (χ3v) is 4.63. The van der Waals surface area contributed by atoms with Gasteiger partial charge in [0.15, 0.2) is 0 Å². The molecule has 0 aromatic heterocycles. The molecule has 1 heterocycles. The molecular weight excluding hydrogens is 208 g/mol. The summed E-state index contributed by atoms with van der Waals surface area (Å²) < 4.78 is 0. The fourth-order valence-electron chi connectivity index (χ4n) is 3.51. The van der Waals surface area contributed by atoms with E-state index in [1.165, 1.54) is 64.6 Å². The van der Waals surface area contributed by atoms with E-state index in [1.807, 2.05) is 0 Å². The Morgan fingerprint density at radius 3 is 2.47 bits per heavy atom. The average molecular weight is 238 g/mol. The first-order valence-electron chi connectivity index (χ1n) is 7.77. The first kappa shape index (κ1) is 13.4. The van der Waals surface area contributed by atoms with E-state index in [-0.39, 0.29) is 0 Å². The predicted molar refractivity (Wildman–Crippen MR) is 74.3 cm³/mol. The molecule has 0 radical (unpaired) electrons. The van der Waals surface area contributed by atoms with E-state index in [4.69, 9.17) is 0 Å². The number of nitrogens with one attached hydrogen (secondary N) is 1. The van der Waals surface area contributed by atoms with Gasteiger partial charge in [0.1, 0.15) is 0 Å². The molecule has 0 spiro atoms. The molecule has 2 nitrogen and oxygen atoms in total. The number of rotatable bonds is 5. The van der Waals surface area contributed by atoms with E-state index >= 15 is 0 Å². The van der Waals surface area contributed by atoms with Crippen molar-refractivity contribution < 1.29 is 0 Å². The summed E-state index contributed by atoms with van der Waals surface area (Å²) in [6.07, 6.45) is 9.85. The zero-order valence-corrected chi connectivity index (χ0v) is 11.8. The van der Waals surface area contributed by atoms with Crippen molar-refractivity contribution in [2.75, 3.05) is 19.6 Å². The molecule has 1 saturated heterocycles. The molecule has 1 aliphatic heterocycles. The lowest BCUT2D eigenvalue weighted by molar-refractivity contribution is 0.129. The molecule has 17 heavy (non-hydrogen) atoms. The largest absolute Gasteiger partial charge is 0.313 e. The normalized spacial score (nSPS) is 34.4. The lowest BCUT2D eigenvalue weighted by atomic mass is 9.86. The minimum Gasteiger partial charge on any atom is -0.313 e. The van der Waals surface area contributed by atoms with Crippen LogP contribution in [0.5, 0.6) is 0 Å². The summed E-state index contributed by atoms with van der Waals surface area (Å²) in [6, 6.07) is 1.66. The molecule has 2 rings (SSSR count). The lowest BCUT2D eigenvalue weighted by Gasteiger charge is -2.37. The van der Waals surface area contributed by atoms with Gasteiger partial charge in [-0.3, -0.25) is 4.90 Å². The topological polar surface area (TPSA) is 15.3 Å². The second-order valence-corrected chi connectivity index (χ2v) is 6.20. The van der Waals surface area contributed by atoms with Crippen molar-refractivity contribution in [2.45, 2.75) is 70.9 Å². The van der Waals surface area contributed by atoms with Crippen molar-refractivity contribution in [3.05, 3.63) is 0 Å². The Kier molecular flexibility index (Phi) is 5.30. The molecule has 100 valence electrons. The lowest BCUT2D eigenvalue weighted by Crippen LogP contribution is -2.45. The van der Waals surface area contributed by atoms with E-state index in [0.29, 0.717) is 0 Å². The molecule has 0 aromatic rings. The summed E-state index contributed by atoms with van der Waals surface area (Å²) in [7, 11) is 0. The summed E-state index contributed by atoms with van der Waals surface area (Å²) in [5.74, 6) is 0.972. The molecule has 1 atom stereocenters. The molecule has 2 heteroatoms. The molecule has 1 N–H and O–H groups in total. The number of hydrogen-bond donors (Lipinski definition) is 1. The molecule has 2 fully saturated rings. The maximum atomic E-state index is 3.65. The van der Waals surface area contributed by atoms with Crippen molar-refractivity contribution in [1.29, 1.82) is 0 Å². The average Bonchev–Trinajstić information content (AvgIpc) is 2.82. The van der Waals surface area contributed by atoms with Crippen LogP contribution in [0.1, 0.15) is 58.8 Å². The Labute approximate surface area is 107 Å². The minimum atomic E-state index is 0.779. The second kappa shape index (κ2) is 6.75. The smallest absolute Gasteiger partial charge is 0.0195 e. The maximum Gasteiger partial charge on any atom is 0.0195 e. The van der Waals surface area contributed by atoms with Gasteiger partial charge in [0, 0.05) is 18.6 Å². The van der Waals surface area contributed by atoms with Gasteiger partial charge in [-0.2, -0.15) is 0 Å². The Hall–Kier alpha value is -0.0800. The highest BCUT2D eigenvalue weighted by atomic mass is 15.2. The number of hydrogen-bond acceptors (Lipinski definition) is 2. The third kappa shape index (κ3) is 3.96. The van der Waals surface area contributed by atoms with Gasteiger partial charge >= 0.3 is 0 Å². The Morgan fingerprint density at radius 1 is 1.12 bits per heavy atom. The highest BCUT2D eigenvalue weighted by molar-refractivity contribution is 4.83. The molecule has 2 aliphatic rings. The van der Waals surface area contributed by atoms with Crippen molar-refractivity contribution in [3.8, 4) is 0 Å². The van der Waals surface area contributed by atoms with Crippen LogP contribution in [0.2, 0.25) is 0 Å². The van der Waals surface area contributed by atoms with Gasteiger partial charge in [-0.25, -0.2) is 0 Å². The summed E-state index contributed by atoms with van der Waals surface area (Å²) in [5, 5.41) is 3.65. The summed E-state index contributed by atoms with van der Waals surface area (Å²) in [5.41, 5.74) is 0. The van der Waals surface area contributed by atoms with E-state index in [0.717, 1.165) is 18.0 Å². The summed E-state index contributed by atoms with van der Waals surface area (Å²) in [4.78, 5) is 2.79. The zero-order valence-electron chi connectivity index (χ0n) is 11.8. The van der Waals surface area contributed by atoms with Crippen molar-refractivity contribution >= 4 is 0 Å². The molecule has 1 aliphatic carbocycles. The quantitative estimate of drug-likeness (QED) is 0.792. The summed E-state index contributed by atoms with van der Waals surface area (Å²) in [6.45, 7) is 8.58. The SMILES string of the molecule is CCCN(CC1CCCN1)C1CCC(C)CC1. The van der Waals surface area contributed by atoms with E-state index in [2.05, 4.69) is 24.1 Å². The van der Waals surface area contributed by atoms with Gasteiger partial charge in [-0.05, 0) is 64.0 Å².